The van der Waals surface area contributed by atoms with Gasteiger partial charge in [0.25, 0.3) is 5.91 Å². The molecule has 0 radical (unpaired) electrons. The van der Waals surface area contributed by atoms with E-state index in [1.807, 2.05) is 38.1 Å². The molecule has 1 amide bonds. The van der Waals surface area contributed by atoms with Crippen LogP contribution in [0.3, 0.4) is 0 Å². The lowest BCUT2D eigenvalue weighted by molar-refractivity contribution is 0.0955. The third-order valence-electron chi connectivity index (χ3n) is 3.38. The summed E-state index contributed by atoms with van der Waals surface area (Å²) in [6.45, 7) is 4.74. The Balaban J connectivity index is 2.00. The lowest BCUT2D eigenvalue weighted by atomic mass is 10.1. The number of hydrogen-bond donors (Lipinski definition) is 2. The summed E-state index contributed by atoms with van der Waals surface area (Å²) in [6.07, 6.45) is 0.797. The van der Waals surface area contributed by atoms with Crippen LogP contribution in [0.25, 0.3) is 10.9 Å². The molecule has 0 atom stereocenters. The fraction of sp³-hybridized carbons (Fsp3) is 0.412. The Morgan fingerprint density at radius 2 is 2.09 bits per heavy atom. The van der Waals surface area contributed by atoms with Crippen LogP contribution in [0.2, 0.25) is 0 Å². The second-order valence-electron chi connectivity index (χ2n) is 5.26. The minimum absolute atomic E-state index is 0.0730. The number of carbonyl (C=O) groups excluding carboxylic acids is 1. The molecule has 118 valence electrons. The normalized spacial score (nSPS) is 10.9. The molecule has 22 heavy (non-hydrogen) atoms. The molecular formula is C17H22N2O2S. The number of benzene rings is 1. The van der Waals surface area contributed by atoms with Crippen molar-refractivity contribution in [3.63, 3.8) is 0 Å². The Hall–Kier alpha value is -1.59. The van der Waals surface area contributed by atoms with Crippen molar-refractivity contribution < 1.29 is 9.90 Å². The van der Waals surface area contributed by atoms with E-state index in [9.17, 15) is 4.79 Å². The highest BCUT2D eigenvalue weighted by Crippen LogP contribution is 2.18. The van der Waals surface area contributed by atoms with Gasteiger partial charge in [0.15, 0.2) is 0 Å². The minimum atomic E-state index is -0.0730. The maximum absolute atomic E-state index is 12.3. The largest absolute Gasteiger partial charge is 0.396 e. The van der Waals surface area contributed by atoms with E-state index in [1.54, 1.807) is 11.8 Å². The standard InChI is InChI=1S/C17H22N2O2S/c1-12-4-5-16-14(10-12)11-15(13(2)19-16)17(21)18-6-9-22-8-3-7-20/h4-5,10-11,20H,3,6-9H2,1-2H3,(H,18,21). The predicted octanol–water partition coefficient (Wildman–Crippen LogP) is 2.70. The number of thioether (sulfide) groups is 1. The first kappa shape index (κ1) is 16.8. The number of aromatic nitrogens is 1. The topological polar surface area (TPSA) is 62.2 Å². The van der Waals surface area contributed by atoms with Crippen molar-refractivity contribution in [1.29, 1.82) is 0 Å². The molecule has 0 aliphatic carbocycles. The maximum Gasteiger partial charge on any atom is 0.253 e. The van der Waals surface area contributed by atoms with Crippen molar-refractivity contribution in [3.8, 4) is 0 Å². The summed E-state index contributed by atoms with van der Waals surface area (Å²) in [5.41, 5.74) is 3.46. The van der Waals surface area contributed by atoms with E-state index in [-0.39, 0.29) is 12.5 Å². The van der Waals surface area contributed by atoms with Gasteiger partial charge in [0.05, 0.1) is 16.8 Å². The smallest absolute Gasteiger partial charge is 0.253 e. The zero-order valence-electron chi connectivity index (χ0n) is 13.1. The van der Waals surface area contributed by atoms with E-state index in [0.29, 0.717) is 12.1 Å². The molecule has 0 bridgehead atoms. The molecule has 1 heterocycles. The number of pyridine rings is 1. The number of nitrogens with one attached hydrogen (secondary N) is 1. The van der Waals surface area contributed by atoms with Gasteiger partial charge in [-0.05, 0) is 44.2 Å². The van der Waals surface area contributed by atoms with Crippen molar-refractivity contribution in [1.82, 2.24) is 10.3 Å². The number of fused-ring (bicyclic) bond motifs is 1. The summed E-state index contributed by atoms with van der Waals surface area (Å²) in [5, 5.41) is 12.6. The average Bonchev–Trinajstić information content (AvgIpc) is 2.50. The molecule has 4 nitrogen and oxygen atoms in total. The summed E-state index contributed by atoms with van der Waals surface area (Å²) >= 11 is 1.73. The number of rotatable bonds is 7. The van der Waals surface area contributed by atoms with E-state index in [4.69, 9.17) is 5.11 Å². The number of aliphatic hydroxyl groups excluding tert-OH is 1. The van der Waals surface area contributed by atoms with Gasteiger partial charge in [0.1, 0.15) is 0 Å². The molecule has 0 saturated carbocycles. The van der Waals surface area contributed by atoms with Gasteiger partial charge in [-0.15, -0.1) is 0 Å². The van der Waals surface area contributed by atoms with Gasteiger partial charge >= 0.3 is 0 Å². The predicted molar refractivity (Wildman–Crippen MR) is 92.6 cm³/mol. The third kappa shape index (κ3) is 4.45. The molecule has 5 heteroatoms. The van der Waals surface area contributed by atoms with Gasteiger partial charge in [-0.25, -0.2) is 0 Å². The van der Waals surface area contributed by atoms with E-state index in [2.05, 4.69) is 10.3 Å². The molecule has 0 aliphatic heterocycles. The Morgan fingerprint density at radius 1 is 1.27 bits per heavy atom. The summed E-state index contributed by atoms with van der Waals surface area (Å²) in [5.74, 6) is 1.70. The van der Waals surface area contributed by atoms with E-state index >= 15 is 0 Å². The zero-order chi connectivity index (χ0) is 15.9. The van der Waals surface area contributed by atoms with Crippen LogP contribution < -0.4 is 5.32 Å². The first-order chi connectivity index (χ1) is 10.6. The van der Waals surface area contributed by atoms with Crippen LogP contribution in [0.1, 0.15) is 28.0 Å². The second-order valence-corrected chi connectivity index (χ2v) is 6.49. The molecule has 0 fully saturated rings. The van der Waals surface area contributed by atoms with E-state index in [1.165, 1.54) is 0 Å². The third-order valence-corrected chi connectivity index (χ3v) is 4.45. The summed E-state index contributed by atoms with van der Waals surface area (Å²) in [7, 11) is 0. The molecule has 0 saturated heterocycles. The number of nitrogens with zero attached hydrogens (tertiary/aromatic N) is 1. The van der Waals surface area contributed by atoms with Crippen LogP contribution >= 0.6 is 11.8 Å². The number of aryl methyl sites for hydroxylation is 2. The van der Waals surface area contributed by atoms with Crippen LogP contribution in [-0.2, 0) is 0 Å². The monoisotopic (exact) mass is 318 g/mol. The Labute approximate surface area is 135 Å². The molecule has 0 unspecified atom stereocenters. The lowest BCUT2D eigenvalue weighted by Gasteiger charge is -2.09. The van der Waals surface area contributed by atoms with Crippen molar-refractivity contribution in [2.75, 3.05) is 24.7 Å². The van der Waals surface area contributed by atoms with Gasteiger partial charge in [-0.3, -0.25) is 9.78 Å². The highest BCUT2D eigenvalue weighted by Gasteiger charge is 2.11. The molecule has 0 aliphatic rings. The first-order valence-corrected chi connectivity index (χ1v) is 8.62. The molecule has 2 N–H and O–H groups in total. The molecule has 2 aromatic rings. The number of aliphatic hydroxyl groups is 1. The number of amides is 1. The van der Waals surface area contributed by atoms with Gasteiger partial charge in [0.2, 0.25) is 0 Å². The van der Waals surface area contributed by atoms with Crippen molar-refractivity contribution in [2.45, 2.75) is 20.3 Å². The first-order valence-electron chi connectivity index (χ1n) is 7.46. The molecule has 1 aromatic heterocycles. The quantitative estimate of drug-likeness (QED) is 0.771. The summed E-state index contributed by atoms with van der Waals surface area (Å²) in [6, 6.07) is 7.97. The van der Waals surface area contributed by atoms with Gasteiger partial charge in [-0.1, -0.05) is 11.6 Å². The van der Waals surface area contributed by atoms with Crippen LogP contribution in [-0.4, -0.2) is 40.7 Å². The SMILES string of the molecule is Cc1ccc2nc(C)c(C(=O)NCCSCCCO)cc2c1. The maximum atomic E-state index is 12.3. The fourth-order valence-corrected chi connectivity index (χ4v) is 3.01. The Morgan fingerprint density at radius 3 is 2.86 bits per heavy atom. The molecule has 0 spiro atoms. The number of carbonyl (C=O) groups is 1. The van der Waals surface area contributed by atoms with E-state index < -0.39 is 0 Å². The van der Waals surface area contributed by atoms with Crippen LogP contribution in [0.15, 0.2) is 24.3 Å². The Kier molecular flexibility index (Phi) is 6.21. The van der Waals surface area contributed by atoms with Gasteiger partial charge in [0, 0.05) is 24.3 Å². The lowest BCUT2D eigenvalue weighted by Crippen LogP contribution is -2.26. The van der Waals surface area contributed by atoms with Crippen molar-refractivity contribution in [2.24, 2.45) is 0 Å². The minimum Gasteiger partial charge on any atom is -0.396 e. The number of hydrogen-bond acceptors (Lipinski definition) is 4. The molecule has 2 rings (SSSR count). The van der Waals surface area contributed by atoms with Crippen molar-refractivity contribution in [3.05, 3.63) is 41.1 Å². The average molecular weight is 318 g/mol. The second kappa shape index (κ2) is 8.15. The van der Waals surface area contributed by atoms with Crippen molar-refractivity contribution >= 4 is 28.6 Å². The van der Waals surface area contributed by atoms with Crippen LogP contribution in [0, 0.1) is 13.8 Å². The molecule has 1 aromatic carbocycles. The highest BCUT2D eigenvalue weighted by molar-refractivity contribution is 7.99. The van der Waals surface area contributed by atoms with Crippen LogP contribution in [0.4, 0.5) is 0 Å². The Bertz CT molecular complexity index is 658. The zero-order valence-corrected chi connectivity index (χ0v) is 13.9. The fourth-order valence-electron chi connectivity index (χ4n) is 2.22. The van der Waals surface area contributed by atoms with Gasteiger partial charge in [-0.2, -0.15) is 11.8 Å². The summed E-state index contributed by atoms with van der Waals surface area (Å²) in [4.78, 5) is 16.8. The molecular weight excluding hydrogens is 296 g/mol. The van der Waals surface area contributed by atoms with Gasteiger partial charge < -0.3 is 10.4 Å². The van der Waals surface area contributed by atoms with Crippen LogP contribution in [0.5, 0.6) is 0 Å². The van der Waals surface area contributed by atoms with E-state index in [0.717, 1.165) is 40.1 Å². The highest BCUT2D eigenvalue weighted by atomic mass is 32.2. The summed E-state index contributed by atoms with van der Waals surface area (Å²) < 4.78 is 0.